The SMILES string of the molecule is O=C(NCCc1csc(-c2cccc(F)c2)n1)C(=O)Nc1ccc(F)cc1F. The summed E-state index contributed by atoms with van der Waals surface area (Å²) in [5.41, 5.74) is 1.04. The molecular weight excluding hydrogens is 391 g/mol. The first-order valence-electron chi connectivity index (χ1n) is 8.17. The van der Waals surface area contributed by atoms with Gasteiger partial charge in [-0.1, -0.05) is 12.1 Å². The topological polar surface area (TPSA) is 71.1 Å². The van der Waals surface area contributed by atoms with Gasteiger partial charge in [-0.2, -0.15) is 0 Å². The molecule has 9 heteroatoms. The minimum atomic E-state index is -1.07. The van der Waals surface area contributed by atoms with E-state index in [-0.39, 0.29) is 18.0 Å². The van der Waals surface area contributed by atoms with Gasteiger partial charge in [0.25, 0.3) is 0 Å². The minimum absolute atomic E-state index is 0.129. The van der Waals surface area contributed by atoms with Gasteiger partial charge in [-0.3, -0.25) is 9.59 Å². The summed E-state index contributed by atoms with van der Waals surface area (Å²) in [7, 11) is 0. The van der Waals surface area contributed by atoms with E-state index in [0.29, 0.717) is 28.8 Å². The number of thiazole rings is 1. The molecular formula is C19H14F3N3O2S. The average Bonchev–Trinajstić information content (AvgIpc) is 3.13. The highest BCUT2D eigenvalue weighted by atomic mass is 32.1. The normalized spacial score (nSPS) is 10.5. The molecule has 0 spiro atoms. The van der Waals surface area contributed by atoms with Gasteiger partial charge in [0, 0.05) is 30.0 Å². The number of hydrogen-bond donors (Lipinski definition) is 2. The van der Waals surface area contributed by atoms with Crippen molar-refractivity contribution in [1.29, 1.82) is 0 Å². The molecule has 0 radical (unpaired) electrons. The van der Waals surface area contributed by atoms with Crippen LogP contribution in [-0.4, -0.2) is 23.3 Å². The first-order valence-corrected chi connectivity index (χ1v) is 9.05. The molecule has 2 aromatic carbocycles. The monoisotopic (exact) mass is 405 g/mol. The second kappa shape index (κ2) is 8.66. The van der Waals surface area contributed by atoms with Crippen molar-refractivity contribution in [2.45, 2.75) is 6.42 Å². The molecule has 0 aliphatic rings. The fourth-order valence-corrected chi connectivity index (χ4v) is 3.18. The van der Waals surface area contributed by atoms with Gasteiger partial charge in [0.1, 0.15) is 22.5 Å². The Morgan fingerprint density at radius 3 is 2.54 bits per heavy atom. The third-order valence-electron chi connectivity index (χ3n) is 3.68. The summed E-state index contributed by atoms with van der Waals surface area (Å²) < 4.78 is 39.6. The van der Waals surface area contributed by atoms with Crippen LogP contribution in [0.3, 0.4) is 0 Å². The summed E-state index contributed by atoms with van der Waals surface area (Å²) in [6, 6.07) is 8.65. The van der Waals surface area contributed by atoms with Crippen LogP contribution in [0.25, 0.3) is 10.6 Å². The summed E-state index contributed by atoms with van der Waals surface area (Å²) >= 11 is 1.34. The number of benzene rings is 2. The van der Waals surface area contributed by atoms with Crippen LogP contribution in [0.15, 0.2) is 47.8 Å². The van der Waals surface area contributed by atoms with Crippen LogP contribution in [0.4, 0.5) is 18.9 Å². The number of anilines is 1. The maximum absolute atomic E-state index is 13.5. The van der Waals surface area contributed by atoms with E-state index >= 15 is 0 Å². The molecule has 0 atom stereocenters. The zero-order chi connectivity index (χ0) is 20.1. The summed E-state index contributed by atoms with van der Waals surface area (Å²) in [6.07, 6.45) is 0.357. The molecule has 0 unspecified atom stereocenters. The lowest BCUT2D eigenvalue weighted by atomic mass is 10.2. The lowest BCUT2D eigenvalue weighted by Gasteiger charge is -2.07. The number of carbonyl (C=O) groups excluding carboxylic acids is 2. The molecule has 144 valence electrons. The second-order valence-electron chi connectivity index (χ2n) is 5.74. The van der Waals surface area contributed by atoms with Gasteiger partial charge in [0.2, 0.25) is 0 Å². The summed E-state index contributed by atoms with van der Waals surface area (Å²) in [5.74, 6) is -4.15. The quantitative estimate of drug-likeness (QED) is 0.638. The van der Waals surface area contributed by atoms with Crippen LogP contribution in [0.2, 0.25) is 0 Å². The highest BCUT2D eigenvalue weighted by molar-refractivity contribution is 7.13. The van der Waals surface area contributed by atoms with Crippen LogP contribution in [0.1, 0.15) is 5.69 Å². The van der Waals surface area contributed by atoms with Crippen LogP contribution in [0, 0.1) is 17.5 Å². The fourth-order valence-electron chi connectivity index (χ4n) is 2.33. The van der Waals surface area contributed by atoms with Crippen molar-refractivity contribution in [3.8, 4) is 10.6 Å². The molecule has 0 saturated carbocycles. The molecule has 0 saturated heterocycles. The molecule has 2 N–H and O–H groups in total. The number of halogens is 3. The summed E-state index contributed by atoms with van der Waals surface area (Å²) in [4.78, 5) is 27.9. The first-order chi connectivity index (χ1) is 13.4. The van der Waals surface area contributed by atoms with Crippen LogP contribution < -0.4 is 10.6 Å². The van der Waals surface area contributed by atoms with Gasteiger partial charge < -0.3 is 10.6 Å². The third kappa shape index (κ3) is 4.95. The van der Waals surface area contributed by atoms with Gasteiger partial charge >= 0.3 is 11.8 Å². The van der Waals surface area contributed by atoms with Gasteiger partial charge in [-0.05, 0) is 24.3 Å². The Morgan fingerprint density at radius 1 is 1.00 bits per heavy atom. The van der Waals surface area contributed by atoms with E-state index in [2.05, 4.69) is 15.6 Å². The maximum atomic E-state index is 13.5. The van der Waals surface area contributed by atoms with Crippen molar-refractivity contribution in [3.63, 3.8) is 0 Å². The molecule has 0 bridgehead atoms. The number of carbonyl (C=O) groups is 2. The molecule has 2 amide bonds. The Hall–Kier alpha value is -3.20. The zero-order valence-electron chi connectivity index (χ0n) is 14.3. The Balaban J connectivity index is 1.50. The predicted molar refractivity (Wildman–Crippen MR) is 99.2 cm³/mol. The van der Waals surface area contributed by atoms with E-state index in [0.717, 1.165) is 12.1 Å². The van der Waals surface area contributed by atoms with Crippen molar-refractivity contribution in [2.75, 3.05) is 11.9 Å². The second-order valence-corrected chi connectivity index (χ2v) is 6.60. The number of hydrogen-bond acceptors (Lipinski definition) is 4. The highest BCUT2D eigenvalue weighted by Gasteiger charge is 2.16. The highest BCUT2D eigenvalue weighted by Crippen LogP contribution is 2.24. The van der Waals surface area contributed by atoms with Gasteiger partial charge in [0.05, 0.1) is 11.4 Å². The largest absolute Gasteiger partial charge is 0.347 e. The Morgan fingerprint density at radius 2 is 1.79 bits per heavy atom. The molecule has 3 aromatic rings. The minimum Gasteiger partial charge on any atom is -0.347 e. The fraction of sp³-hybridized carbons (Fsp3) is 0.105. The average molecular weight is 405 g/mol. The lowest BCUT2D eigenvalue weighted by molar-refractivity contribution is -0.136. The number of amides is 2. The summed E-state index contributed by atoms with van der Waals surface area (Å²) in [6.45, 7) is 0.129. The molecule has 1 aromatic heterocycles. The number of nitrogens with zero attached hydrogens (tertiary/aromatic N) is 1. The summed E-state index contributed by atoms with van der Waals surface area (Å²) in [5, 5.41) is 6.89. The molecule has 5 nitrogen and oxygen atoms in total. The van der Waals surface area contributed by atoms with Crippen molar-refractivity contribution < 1.29 is 22.8 Å². The predicted octanol–water partition coefficient (Wildman–Crippen LogP) is 3.52. The van der Waals surface area contributed by atoms with E-state index in [4.69, 9.17) is 0 Å². The van der Waals surface area contributed by atoms with Crippen molar-refractivity contribution in [1.82, 2.24) is 10.3 Å². The van der Waals surface area contributed by atoms with Gasteiger partial charge in [0.15, 0.2) is 0 Å². The molecule has 0 aliphatic carbocycles. The first kappa shape index (κ1) is 19.6. The number of rotatable bonds is 5. The molecule has 1 heterocycles. The van der Waals surface area contributed by atoms with Crippen LogP contribution >= 0.6 is 11.3 Å². The van der Waals surface area contributed by atoms with Crippen molar-refractivity contribution in [3.05, 3.63) is 71.0 Å². The van der Waals surface area contributed by atoms with Crippen LogP contribution in [0.5, 0.6) is 0 Å². The Kier molecular flexibility index (Phi) is 6.05. The smallest absolute Gasteiger partial charge is 0.313 e. The molecule has 3 rings (SSSR count). The van der Waals surface area contributed by atoms with Crippen LogP contribution in [-0.2, 0) is 16.0 Å². The van der Waals surface area contributed by atoms with E-state index in [1.165, 1.54) is 23.5 Å². The van der Waals surface area contributed by atoms with E-state index in [1.807, 2.05) is 0 Å². The van der Waals surface area contributed by atoms with Crippen molar-refractivity contribution in [2.24, 2.45) is 0 Å². The molecule has 28 heavy (non-hydrogen) atoms. The molecule has 0 fully saturated rings. The van der Waals surface area contributed by atoms with E-state index in [1.54, 1.807) is 17.5 Å². The Bertz CT molecular complexity index is 1020. The van der Waals surface area contributed by atoms with Gasteiger partial charge in [-0.25, -0.2) is 18.2 Å². The third-order valence-corrected chi connectivity index (χ3v) is 4.62. The molecule has 0 aliphatic heterocycles. The maximum Gasteiger partial charge on any atom is 0.313 e. The number of aromatic nitrogens is 1. The number of nitrogens with one attached hydrogen (secondary N) is 2. The van der Waals surface area contributed by atoms with E-state index in [9.17, 15) is 22.8 Å². The van der Waals surface area contributed by atoms with E-state index < -0.39 is 23.4 Å². The van der Waals surface area contributed by atoms with Crippen molar-refractivity contribution >= 4 is 28.8 Å². The lowest BCUT2D eigenvalue weighted by Crippen LogP contribution is -2.36. The Labute approximate surface area is 162 Å². The van der Waals surface area contributed by atoms with Gasteiger partial charge in [-0.15, -0.1) is 11.3 Å². The zero-order valence-corrected chi connectivity index (χ0v) is 15.2. The standard InChI is InChI=1S/C19H14F3N3O2S/c20-12-3-1-2-11(8-12)19-24-14(10-28-19)6-7-23-17(26)18(27)25-16-5-4-13(21)9-15(16)22/h1-5,8-10H,6-7H2,(H,23,26)(H,25,27).